The molecule has 1 aliphatic carbocycles. The van der Waals surface area contributed by atoms with E-state index >= 15 is 0 Å². The van der Waals surface area contributed by atoms with E-state index in [0.717, 1.165) is 38.8 Å². The smallest absolute Gasteiger partial charge is 0.370 e. The maximum absolute atomic E-state index is 14.6. The molecule has 2 aromatic carbocycles. The number of amides is 1. The molecule has 1 saturated heterocycles. The molecule has 9 nitrogen and oxygen atoms in total. The van der Waals surface area contributed by atoms with Crippen molar-refractivity contribution in [3.8, 4) is 28.6 Å². The highest BCUT2D eigenvalue weighted by atomic mass is 19.4. The van der Waals surface area contributed by atoms with Gasteiger partial charge in [-0.05, 0) is 102 Å². The highest BCUT2D eigenvalue weighted by Crippen LogP contribution is 2.41. The van der Waals surface area contributed by atoms with Gasteiger partial charge < -0.3 is 9.88 Å². The predicted molar refractivity (Wildman–Crippen MR) is 180 cm³/mol. The first-order chi connectivity index (χ1) is 23.6. The number of nitrogens with one attached hydrogen (secondary N) is 1. The quantitative estimate of drug-likeness (QED) is 0.188. The van der Waals surface area contributed by atoms with Crippen LogP contribution in [0.3, 0.4) is 0 Å². The van der Waals surface area contributed by atoms with E-state index in [1.165, 1.54) is 23.8 Å². The van der Waals surface area contributed by atoms with Gasteiger partial charge in [0, 0.05) is 37.8 Å². The summed E-state index contributed by atoms with van der Waals surface area (Å²) >= 11 is 0. The normalized spacial score (nSPS) is 18.1. The van der Waals surface area contributed by atoms with Crippen molar-refractivity contribution >= 4 is 17.5 Å². The van der Waals surface area contributed by atoms with Gasteiger partial charge in [0.2, 0.25) is 0 Å². The number of fused-ring (bicyclic) bond motifs is 1. The number of aryl methyl sites for hydroxylation is 1. The van der Waals surface area contributed by atoms with Crippen molar-refractivity contribution in [1.29, 1.82) is 5.26 Å². The van der Waals surface area contributed by atoms with Crippen LogP contribution in [0.2, 0.25) is 0 Å². The van der Waals surface area contributed by atoms with E-state index in [9.17, 15) is 23.2 Å². The number of nitriles is 1. The van der Waals surface area contributed by atoms with Gasteiger partial charge in [-0.1, -0.05) is 26.2 Å². The monoisotopic (exact) mass is 668 g/mol. The van der Waals surface area contributed by atoms with Crippen molar-refractivity contribution in [3.05, 3.63) is 76.6 Å². The maximum Gasteiger partial charge on any atom is 0.416 e. The first kappa shape index (κ1) is 32.8. The van der Waals surface area contributed by atoms with Gasteiger partial charge in [-0.15, -0.1) is 10.2 Å². The lowest BCUT2D eigenvalue weighted by atomic mass is 9.94. The molecular formula is C37H39F3N8O. The van der Waals surface area contributed by atoms with Crippen LogP contribution in [0.1, 0.15) is 78.1 Å². The average Bonchev–Trinajstić information content (AvgIpc) is 3.73. The highest BCUT2D eigenvalue weighted by molar-refractivity contribution is 6.10. The summed E-state index contributed by atoms with van der Waals surface area (Å²) in [4.78, 5) is 22.4. The second-order valence-corrected chi connectivity index (χ2v) is 13.6. The topological polar surface area (TPSA) is 103 Å². The first-order valence-corrected chi connectivity index (χ1v) is 17.0. The van der Waals surface area contributed by atoms with Crippen LogP contribution in [0.15, 0.2) is 48.8 Å². The number of hydrogen-bond acceptors (Lipinski definition) is 7. The van der Waals surface area contributed by atoms with Gasteiger partial charge in [-0.2, -0.15) is 18.4 Å². The Morgan fingerprint density at radius 2 is 1.88 bits per heavy atom. The number of benzene rings is 2. The molecule has 4 heterocycles. The summed E-state index contributed by atoms with van der Waals surface area (Å²) in [6.07, 6.45) is 3.49. The van der Waals surface area contributed by atoms with Gasteiger partial charge in [0.15, 0.2) is 5.82 Å². The molecule has 1 atom stereocenters. The minimum atomic E-state index is -4.63. The van der Waals surface area contributed by atoms with E-state index < -0.39 is 17.6 Å². The van der Waals surface area contributed by atoms with Gasteiger partial charge in [0.1, 0.15) is 18.0 Å². The van der Waals surface area contributed by atoms with E-state index in [0.29, 0.717) is 64.4 Å². The summed E-state index contributed by atoms with van der Waals surface area (Å²) < 4.78 is 45.6. The van der Waals surface area contributed by atoms with Crippen molar-refractivity contribution in [3.63, 3.8) is 0 Å². The largest absolute Gasteiger partial charge is 0.416 e. The number of alkyl halides is 3. The molecule has 1 unspecified atom stereocenters. The second kappa shape index (κ2) is 13.3. The zero-order chi connectivity index (χ0) is 34.3. The number of carbonyl (C=O) groups is 1. The highest BCUT2D eigenvalue weighted by Gasteiger charge is 2.41. The minimum absolute atomic E-state index is 0.0342. The summed E-state index contributed by atoms with van der Waals surface area (Å²) in [6, 6.07) is 13.9. The van der Waals surface area contributed by atoms with Gasteiger partial charge >= 0.3 is 6.18 Å². The Hall–Kier alpha value is -4.76. The summed E-state index contributed by atoms with van der Waals surface area (Å²) in [6.45, 7) is 4.59. The molecule has 1 N–H and O–H groups in total. The van der Waals surface area contributed by atoms with Gasteiger partial charge in [0.05, 0.1) is 23.7 Å². The number of rotatable bonds is 10. The molecule has 7 rings (SSSR count). The first-order valence-electron chi connectivity index (χ1n) is 17.0. The van der Waals surface area contributed by atoms with E-state index in [1.54, 1.807) is 41.2 Å². The van der Waals surface area contributed by atoms with Crippen molar-refractivity contribution in [2.45, 2.75) is 64.7 Å². The molecule has 3 aliphatic rings. The molecule has 0 bridgehead atoms. The molecule has 12 heteroatoms. The molecule has 2 aliphatic heterocycles. The second-order valence-electron chi connectivity index (χ2n) is 13.6. The molecule has 2 fully saturated rings. The minimum Gasteiger partial charge on any atom is -0.370 e. The number of likely N-dealkylation sites (tertiary alicyclic amines) is 1. The van der Waals surface area contributed by atoms with Gasteiger partial charge in [0.25, 0.3) is 5.91 Å². The Labute approximate surface area is 283 Å². The summed E-state index contributed by atoms with van der Waals surface area (Å²) in [7, 11) is 1.82. The Morgan fingerprint density at radius 3 is 2.59 bits per heavy atom. The molecule has 1 saturated carbocycles. The number of aromatic nitrogens is 4. The lowest BCUT2D eigenvalue weighted by Gasteiger charge is -2.32. The van der Waals surface area contributed by atoms with Crippen LogP contribution in [0.25, 0.3) is 22.5 Å². The van der Waals surface area contributed by atoms with Crippen LogP contribution in [0.5, 0.6) is 0 Å². The Bertz CT molecular complexity index is 1930. The van der Waals surface area contributed by atoms with Gasteiger partial charge in [-0.3, -0.25) is 14.6 Å². The third-order valence-corrected chi connectivity index (χ3v) is 10.0. The van der Waals surface area contributed by atoms with Crippen molar-refractivity contribution in [1.82, 2.24) is 24.6 Å². The molecule has 4 aromatic rings. The van der Waals surface area contributed by atoms with E-state index in [2.05, 4.69) is 33.4 Å². The lowest BCUT2D eigenvalue weighted by molar-refractivity contribution is -0.138. The van der Waals surface area contributed by atoms with Crippen molar-refractivity contribution in [2.24, 2.45) is 18.9 Å². The fraction of sp³-hybridized carbons (Fsp3) is 0.432. The zero-order valence-electron chi connectivity index (χ0n) is 27.7. The van der Waals surface area contributed by atoms with Crippen molar-refractivity contribution < 1.29 is 18.0 Å². The number of carbonyl (C=O) groups excluding carboxylic acids is 1. The Kier molecular flexibility index (Phi) is 8.88. The Balaban J connectivity index is 1.28. The van der Waals surface area contributed by atoms with Crippen LogP contribution in [0, 0.1) is 23.2 Å². The molecule has 2 aromatic heterocycles. The summed E-state index contributed by atoms with van der Waals surface area (Å²) in [5.41, 5.74) is 2.19. The Morgan fingerprint density at radius 1 is 1.04 bits per heavy atom. The van der Waals surface area contributed by atoms with Crippen LogP contribution < -0.4 is 10.2 Å². The maximum atomic E-state index is 14.6. The van der Waals surface area contributed by atoms with Crippen LogP contribution in [0.4, 0.5) is 24.8 Å². The lowest BCUT2D eigenvalue weighted by Crippen LogP contribution is -2.34. The number of piperidine rings is 1. The third kappa shape index (κ3) is 6.90. The fourth-order valence-electron chi connectivity index (χ4n) is 7.17. The van der Waals surface area contributed by atoms with Gasteiger partial charge in [-0.25, -0.2) is 4.98 Å². The van der Waals surface area contributed by atoms with E-state index in [1.807, 2.05) is 13.1 Å². The summed E-state index contributed by atoms with van der Waals surface area (Å²) in [5.74, 6) is 1.99. The average molecular weight is 669 g/mol. The van der Waals surface area contributed by atoms with E-state index in [4.69, 9.17) is 4.98 Å². The molecule has 254 valence electrons. The molecular weight excluding hydrogens is 629 g/mol. The molecule has 0 spiro atoms. The number of pyridine rings is 1. The van der Waals surface area contributed by atoms with E-state index in [-0.39, 0.29) is 23.5 Å². The zero-order valence-corrected chi connectivity index (χ0v) is 27.7. The fourth-order valence-corrected chi connectivity index (χ4v) is 7.17. The van der Waals surface area contributed by atoms with Crippen LogP contribution in [-0.4, -0.2) is 50.2 Å². The number of nitrogens with zero attached hydrogens (tertiary/aromatic N) is 7. The molecule has 0 radical (unpaired) electrons. The third-order valence-electron chi connectivity index (χ3n) is 10.0. The standard InChI is InChI=1S/C37H39F3N8O/c1-3-23-5-4-12-47(19-23)20-26-14-30-31(32(15-26)37(38,39)40)21-48(36(30)49)34-17-27(16-33(44-34)42-11-10-24-6-7-24)29-13-25(18-41)8-9-28(29)35-45-43-22-46(35)2/h8-9,13-17,22-24H,3-7,10-12,19-21H2,1-2H3,(H,42,44). The SMILES string of the molecule is CCC1CCCN(Cc2cc3c(c(C(F)(F)F)c2)CN(c2cc(-c4cc(C#N)ccc4-c4nncn4C)cc(NCCC4CC4)n2)C3=O)C1. The number of halogens is 3. The van der Waals surface area contributed by atoms with Crippen LogP contribution >= 0.6 is 0 Å². The summed E-state index contributed by atoms with van der Waals surface area (Å²) in [5, 5.41) is 21.5. The van der Waals surface area contributed by atoms with Crippen LogP contribution in [-0.2, 0) is 26.3 Å². The number of anilines is 2. The number of hydrogen-bond donors (Lipinski definition) is 1. The molecule has 1 amide bonds. The molecule has 49 heavy (non-hydrogen) atoms. The van der Waals surface area contributed by atoms with Crippen molar-refractivity contribution in [2.75, 3.05) is 29.9 Å². The predicted octanol–water partition coefficient (Wildman–Crippen LogP) is 7.43.